The number of halogens is 1. The van der Waals surface area contributed by atoms with Gasteiger partial charge in [0.1, 0.15) is 18.2 Å². The fraction of sp³-hybridized carbons (Fsp3) is 0.208. The molecule has 0 unspecified atom stereocenters. The number of benzene rings is 3. The van der Waals surface area contributed by atoms with Crippen LogP contribution in [0.3, 0.4) is 0 Å². The average molecular weight is 378 g/mol. The first-order valence-electron chi connectivity index (χ1n) is 9.31. The molecule has 3 aromatic rings. The number of carboxylic acid groups (broad SMARTS) is 1. The molecular formula is C24H23FO3. The number of aliphatic carboxylic acids is 1. The molecule has 0 radical (unpaired) electrons. The molecule has 3 rings (SSSR count). The zero-order chi connectivity index (χ0) is 19.9. The summed E-state index contributed by atoms with van der Waals surface area (Å²) in [6.07, 6.45) is 1.47. The molecule has 0 fully saturated rings. The molecule has 3 aromatic carbocycles. The second kappa shape index (κ2) is 9.18. The minimum absolute atomic E-state index is 0.133. The summed E-state index contributed by atoms with van der Waals surface area (Å²) in [6, 6.07) is 20.5. The average Bonchev–Trinajstić information content (AvgIpc) is 2.68. The monoisotopic (exact) mass is 378 g/mol. The van der Waals surface area contributed by atoms with Crippen molar-refractivity contribution in [2.24, 2.45) is 0 Å². The number of aryl methyl sites for hydroxylation is 2. The Bertz CT molecular complexity index is 931. The summed E-state index contributed by atoms with van der Waals surface area (Å²) >= 11 is 0. The van der Waals surface area contributed by atoms with E-state index in [-0.39, 0.29) is 18.8 Å². The molecule has 0 aliphatic rings. The van der Waals surface area contributed by atoms with Gasteiger partial charge in [0.25, 0.3) is 0 Å². The molecule has 0 saturated carbocycles. The number of ether oxygens (including phenoxy) is 1. The summed E-state index contributed by atoms with van der Waals surface area (Å²) in [4.78, 5) is 10.6. The van der Waals surface area contributed by atoms with Crippen LogP contribution in [0.25, 0.3) is 11.1 Å². The van der Waals surface area contributed by atoms with Gasteiger partial charge in [0.15, 0.2) is 0 Å². The highest BCUT2D eigenvalue weighted by molar-refractivity contribution is 5.68. The van der Waals surface area contributed by atoms with Crippen molar-refractivity contribution in [1.29, 1.82) is 0 Å². The lowest BCUT2D eigenvalue weighted by atomic mass is 9.99. The molecule has 0 aliphatic carbocycles. The fourth-order valence-electron chi connectivity index (χ4n) is 3.06. The van der Waals surface area contributed by atoms with Crippen molar-refractivity contribution >= 4 is 5.97 Å². The van der Waals surface area contributed by atoms with Gasteiger partial charge in [0, 0.05) is 12.0 Å². The van der Waals surface area contributed by atoms with E-state index in [1.807, 2.05) is 61.5 Å². The van der Waals surface area contributed by atoms with Crippen LogP contribution < -0.4 is 4.74 Å². The van der Waals surface area contributed by atoms with E-state index >= 15 is 0 Å². The Hall–Kier alpha value is -3.14. The van der Waals surface area contributed by atoms with Crippen molar-refractivity contribution in [2.45, 2.75) is 32.8 Å². The van der Waals surface area contributed by atoms with Crippen molar-refractivity contribution in [3.8, 4) is 16.9 Å². The smallest absolute Gasteiger partial charge is 0.303 e. The van der Waals surface area contributed by atoms with Gasteiger partial charge in [0.2, 0.25) is 0 Å². The van der Waals surface area contributed by atoms with E-state index in [0.717, 1.165) is 22.3 Å². The molecular weight excluding hydrogens is 355 g/mol. The summed E-state index contributed by atoms with van der Waals surface area (Å²) in [7, 11) is 0. The number of carbonyl (C=O) groups is 1. The first kappa shape index (κ1) is 19.6. The quantitative estimate of drug-likeness (QED) is 0.540. The van der Waals surface area contributed by atoms with Crippen LogP contribution in [0.2, 0.25) is 0 Å². The van der Waals surface area contributed by atoms with Crippen molar-refractivity contribution in [1.82, 2.24) is 0 Å². The van der Waals surface area contributed by atoms with Gasteiger partial charge in [-0.25, -0.2) is 4.39 Å². The van der Waals surface area contributed by atoms with Crippen LogP contribution >= 0.6 is 0 Å². The molecule has 1 N–H and O–H groups in total. The Morgan fingerprint density at radius 1 is 1.00 bits per heavy atom. The van der Waals surface area contributed by atoms with E-state index in [2.05, 4.69) is 0 Å². The molecule has 0 amide bonds. The molecule has 28 heavy (non-hydrogen) atoms. The van der Waals surface area contributed by atoms with E-state index < -0.39 is 5.97 Å². The topological polar surface area (TPSA) is 46.5 Å². The Balaban J connectivity index is 1.69. The maximum atomic E-state index is 14.5. The van der Waals surface area contributed by atoms with Crippen LogP contribution in [0.4, 0.5) is 4.39 Å². The third-order valence-corrected chi connectivity index (χ3v) is 4.64. The van der Waals surface area contributed by atoms with E-state index in [4.69, 9.17) is 9.84 Å². The van der Waals surface area contributed by atoms with Crippen LogP contribution in [0.15, 0.2) is 66.7 Å². The van der Waals surface area contributed by atoms with Crippen LogP contribution in [0.5, 0.6) is 5.75 Å². The van der Waals surface area contributed by atoms with E-state index in [9.17, 15) is 9.18 Å². The van der Waals surface area contributed by atoms with Gasteiger partial charge in [-0.2, -0.15) is 0 Å². The number of carboxylic acids is 1. The standard InChI is InChI=1S/C24H23FO3/c1-17-8-12-19(13-9-17)21-5-3-6-23(25)22(21)16-28-20-14-10-18(11-15-20)4-2-7-24(26)27/h3,5-6,8-15H,2,4,7,16H2,1H3,(H,26,27). The second-order valence-corrected chi connectivity index (χ2v) is 6.81. The Kier molecular flexibility index (Phi) is 6.43. The first-order chi connectivity index (χ1) is 13.5. The molecule has 3 nitrogen and oxygen atoms in total. The van der Waals surface area contributed by atoms with E-state index in [1.54, 1.807) is 6.07 Å². The highest BCUT2D eigenvalue weighted by Gasteiger charge is 2.11. The summed E-state index contributed by atoms with van der Waals surface area (Å²) in [6.45, 7) is 2.15. The van der Waals surface area contributed by atoms with E-state index in [1.165, 1.54) is 6.07 Å². The van der Waals surface area contributed by atoms with Gasteiger partial charge < -0.3 is 9.84 Å². The first-order valence-corrected chi connectivity index (χ1v) is 9.31. The molecule has 0 saturated heterocycles. The highest BCUT2D eigenvalue weighted by Crippen LogP contribution is 2.27. The Morgan fingerprint density at radius 3 is 2.39 bits per heavy atom. The lowest BCUT2D eigenvalue weighted by molar-refractivity contribution is -0.137. The summed E-state index contributed by atoms with van der Waals surface area (Å²) in [5, 5.41) is 8.70. The lowest BCUT2D eigenvalue weighted by Gasteiger charge is -2.13. The minimum atomic E-state index is -0.783. The molecule has 0 spiro atoms. The van der Waals surface area contributed by atoms with Crippen LogP contribution in [0, 0.1) is 12.7 Å². The molecule has 0 aromatic heterocycles. The molecule has 4 heteroatoms. The Morgan fingerprint density at radius 2 is 1.71 bits per heavy atom. The van der Waals surface area contributed by atoms with Gasteiger partial charge >= 0.3 is 5.97 Å². The minimum Gasteiger partial charge on any atom is -0.489 e. The normalized spacial score (nSPS) is 10.6. The van der Waals surface area contributed by atoms with Gasteiger partial charge in [-0.3, -0.25) is 4.79 Å². The highest BCUT2D eigenvalue weighted by atomic mass is 19.1. The van der Waals surface area contributed by atoms with Crippen molar-refractivity contribution in [2.75, 3.05) is 0 Å². The van der Waals surface area contributed by atoms with Gasteiger partial charge in [-0.15, -0.1) is 0 Å². The van der Waals surface area contributed by atoms with E-state index in [0.29, 0.717) is 24.2 Å². The van der Waals surface area contributed by atoms with Gasteiger partial charge in [-0.05, 0) is 54.7 Å². The van der Waals surface area contributed by atoms with Crippen LogP contribution in [-0.4, -0.2) is 11.1 Å². The van der Waals surface area contributed by atoms with Gasteiger partial charge in [-0.1, -0.05) is 54.1 Å². The number of rotatable bonds is 8. The summed E-state index contributed by atoms with van der Waals surface area (Å²) < 4.78 is 20.3. The van der Waals surface area contributed by atoms with Crippen molar-refractivity contribution in [3.05, 3.63) is 89.2 Å². The maximum absolute atomic E-state index is 14.5. The zero-order valence-electron chi connectivity index (χ0n) is 15.8. The molecule has 144 valence electrons. The molecule has 0 aliphatic heterocycles. The van der Waals surface area contributed by atoms with Gasteiger partial charge in [0.05, 0.1) is 0 Å². The maximum Gasteiger partial charge on any atom is 0.303 e. The lowest BCUT2D eigenvalue weighted by Crippen LogP contribution is -2.01. The largest absolute Gasteiger partial charge is 0.489 e. The summed E-state index contributed by atoms with van der Waals surface area (Å²) in [5.74, 6) is -0.419. The fourth-order valence-corrected chi connectivity index (χ4v) is 3.06. The molecule has 0 atom stereocenters. The third-order valence-electron chi connectivity index (χ3n) is 4.64. The van der Waals surface area contributed by atoms with Crippen LogP contribution in [-0.2, 0) is 17.8 Å². The van der Waals surface area contributed by atoms with Crippen molar-refractivity contribution in [3.63, 3.8) is 0 Å². The zero-order valence-corrected chi connectivity index (χ0v) is 15.8. The summed E-state index contributed by atoms with van der Waals surface area (Å²) in [5.41, 5.74) is 4.51. The SMILES string of the molecule is Cc1ccc(-c2cccc(F)c2COc2ccc(CCCC(=O)O)cc2)cc1. The van der Waals surface area contributed by atoms with Crippen molar-refractivity contribution < 1.29 is 19.0 Å². The number of hydrogen-bond donors (Lipinski definition) is 1. The molecule has 0 heterocycles. The van der Waals surface area contributed by atoms with Crippen LogP contribution in [0.1, 0.15) is 29.5 Å². The predicted molar refractivity (Wildman–Crippen MR) is 108 cm³/mol. The Labute approximate surface area is 164 Å². The molecule has 0 bridgehead atoms. The third kappa shape index (κ3) is 5.19. The predicted octanol–water partition coefficient (Wildman–Crippen LogP) is 5.79. The second-order valence-electron chi connectivity index (χ2n) is 6.81. The number of hydrogen-bond acceptors (Lipinski definition) is 2.